The molecule has 0 rings (SSSR count). The van der Waals surface area contributed by atoms with E-state index in [9.17, 15) is 9.36 Å². The van der Waals surface area contributed by atoms with E-state index in [0.29, 0.717) is 0 Å². The number of hydrogen-bond donors (Lipinski definition) is 0. The van der Waals surface area contributed by atoms with Gasteiger partial charge in [0.05, 0.1) is 13.8 Å². The molecular weight excluding hydrogens is 159 g/mol. The Balaban J connectivity index is 3.89. The first kappa shape index (κ1) is 9.46. The fraction of sp³-hybridized carbons (Fsp3) is 0.750. The Bertz CT molecular complexity index is 165. The quantitative estimate of drug-likeness (QED) is 0.458. The molecule has 0 heterocycles. The van der Waals surface area contributed by atoms with Gasteiger partial charge in [-0.25, -0.2) is 9.36 Å². The minimum Gasteiger partial charge on any atom is -0.437 e. The SMILES string of the molecule is COC(=O)OP(C)(=O)OC. The number of hydrogen-bond acceptors (Lipinski definition) is 5. The molecule has 0 radical (unpaired) electrons. The maximum Gasteiger partial charge on any atom is 0.514 e. The molecule has 6 heteroatoms. The molecule has 0 aliphatic rings. The van der Waals surface area contributed by atoms with Crippen LogP contribution in [0.3, 0.4) is 0 Å². The first-order valence-corrected chi connectivity index (χ1v) is 4.41. The van der Waals surface area contributed by atoms with E-state index < -0.39 is 13.8 Å². The highest BCUT2D eigenvalue weighted by atomic mass is 31.2. The first-order chi connectivity index (χ1) is 4.52. The molecule has 0 aliphatic heterocycles. The molecule has 1 atom stereocenters. The van der Waals surface area contributed by atoms with Crippen molar-refractivity contribution >= 4 is 13.8 Å². The molecule has 0 aromatic rings. The summed E-state index contributed by atoms with van der Waals surface area (Å²) in [7, 11) is -0.913. The summed E-state index contributed by atoms with van der Waals surface area (Å²) in [5, 5.41) is 0. The third kappa shape index (κ3) is 3.48. The molecule has 0 aliphatic carbocycles. The largest absolute Gasteiger partial charge is 0.514 e. The molecule has 0 N–H and O–H groups in total. The summed E-state index contributed by atoms with van der Waals surface area (Å²) in [6.45, 7) is 1.17. The maximum absolute atomic E-state index is 10.8. The third-order valence-corrected chi connectivity index (χ3v) is 1.88. The first-order valence-electron chi connectivity index (χ1n) is 2.42. The maximum atomic E-state index is 10.8. The van der Waals surface area contributed by atoms with Gasteiger partial charge in [0.25, 0.3) is 0 Å². The Kier molecular flexibility index (Phi) is 3.39. The van der Waals surface area contributed by atoms with E-state index >= 15 is 0 Å². The van der Waals surface area contributed by atoms with Gasteiger partial charge >= 0.3 is 13.8 Å². The predicted molar refractivity (Wildman–Crippen MR) is 34.0 cm³/mol. The van der Waals surface area contributed by atoms with Crippen molar-refractivity contribution in [2.45, 2.75) is 0 Å². The van der Waals surface area contributed by atoms with Gasteiger partial charge in [0.2, 0.25) is 0 Å². The monoisotopic (exact) mass is 168 g/mol. The van der Waals surface area contributed by atoms with Crippen LogP contribution >= 0.6 is 7.60 Å². The van der Waals surface area contributed by atoms with Crippen molar-refractivity contribution in [1.29, 1.82) is 0 Å². The highest BCUT2D eigenvalue weighted by Gasteiger charge is 2.19. The second-order valence-corrected chi connectivity index (χ2v) is 3.59. The van der Waals surface area contributed by atoms with Crippen LogP contribution in [0.5, 0.6) is 0 Å². The van der Waals surface area contributed by atoms with Gasteiger partial charge in [0.15, 0.2) is 0 Å². The Morgan fingerprint density at radius 2 is 1.90 bits per heavy atom. The van der Waals surface area contributed by atoms with E-state index in [0.717, 1.165) is 7.11 Å². The zero-order chi connectivity index (χ0) is 8.20. The molecule has 0 saturated carbocycles. The number of ether oxygens (including phenoxy) is 1. The topological polar surface area (TPSA) is 61.8 Å². The summed E-state index contributed by atoms with van der Waals surface area (Å²) in [6.07, 6.45) is -1.01. The van der Waals surface area contributed by atoms with Crippen LogP contribution in [0.15, 0.2) is 0 Å². The van der Waals surface area contributed by atoms with Crippen LogP contribution < -0.4 is 0 Å². The van der Waals surface area contributed by atoms with Crippen molar-refractivity contribution in [3.05, 3.63) is 0 Å². The van der Waals surface area contributed by atoms with Crippen molar-refractivity contribution in [3.8, 4) is 0 Å². The van der Waals surface area contributed by atoms with Crippen LogP contribution in [0.1, 0.15) is 0 Å². The number of rotatable bonds is 2. The summed E-state index contributed by atoms with van der Waals surface area (Å²) in [6, 6.07) is 0. The van der Waals surface area contributed by atoms with Crippen LogP contribution in [-0.4, -0.2) is 27.0 Å². The van der Waals surface area contributed by atoms with Crippen molar-refractivity contribution in [2.24, 2.45) is 0 Å². The Morgan fingerprint density at radius 1 is 1.40 bits per heavy atom. The number of carbonyl (C=O) groups excluding carboxylic acids is 1. The van der Waals surface area contributed by atoms with Gasteiger partial charge in [-0.1, -0.05) is 0 Å². The highest BCUT2D eigenvalue weighted by molar-refractivity contribution is 7.53. The van der Waals surface area contributed by atoms with E-state index in [2.05, 4.69) is 13.8 Å². The molecule has 0 aromatic heterocycles. The molecule has 10 heavy (non-hydrogen) atoms. The smallest absolute Gasteiger partial charge is 0.437 e. The molecular formula is C4H9O5P. The van der Waals surface area contributed by atoms with Crippen molar-refractivity contribution in [3.63, 3.8) is 0 Å². The minimum absolute atomic E-state index is 1.01. The molecule has 0 spiro atoms. The van der Waals surface area contributed by atoms with Crippen molar-refractivity contribution in [1.82, 2.24) is 0 Å². The van der Waals surface area contributed by atoms with Gasteiger partial charge in [-0.3, -0.25) is 0 Å². The molecule has 0 amide bonds. The normalized spacial score (nSPS) is 15.5. The fourth-order valence-electron chi connectivity index (χ4n) is 0.210. The van der Waals surface area contributed by atoms with Gasteiger partial charge < -0.3 is 13.8 Å². The van der Waals surface area contributed by atoms with Gasteiger partial charge in [-0.05, 0) is 0 Å². The van der Waals surface area contributed by atoms with Crippen LogP contribution in [0.25, 0.3) is 0 Å². The lowest BCUT2D eigenvalue weighted by Crippen LogP contribution is -2.02. The Hall–Kier alpha value is -0.540. The standard InChI is InChI=1S/C4H9O5P/c1-7-4(5)9-10(3,6)8-2/h1-3H3. The van der Waals surface area contributed by atoms with E-state index in [4.69, 9.17) is 0 Å². The average molecular weight is 168 g/mol. The van der Waals surface area contributed by atoms with Crippen LogP contribution in [-0.2, 0) is 18.3 Å². The minimum atomic E-state index is -3.22. The predicted octanol–water partition coefficient (Wildman–Crippen LogP) is 1.24. The number of carbonyl (C=O) groups is 1. The molecule has 1 unspecified atom stereocenters. The van der Waals surface area contributed by atoms with Crippen LogP contribution in [0, 0.1) is 0 Å². The van der Waals surface area contributed by atoms with Gasteiger partial charge in [-0.15, -0.1) is 0 Å². The van der Waals surface area contributed by atoms with Gasteiger partial charge in [0, 0.05) is 7.11 Å². The third-order valence-electron chi connectivity index (χ3n) is 0.739. The van der Waals surface area contributed by atoms with Crippen LogP contribution in [0.2, 0.25) is 0 Å². The molecule has 5 nitrogen and oxygen atoms in total. The molecule has 0 aromatic carbocycles. The van der Waals surface area contributed by atoms with Gasteiger partial charge in [0.1, 0.15) is 0 Å². The van der Waals surface area contributed by atoms with E-state index in [1.807, 2.05) is 0 Å². The molecule has 0 saturated heterocycles. The van der Waals surface area contributed by atoms with Gasteiger partial charge in [-0.2, -0.15) is 0 Å². The lowest BCUT2D eigenvalue weighted by atomic mass is 11.4. The Morgan fingerprint density at radius 3 is 2.20 bits per heavy atom. The molecule has 0 bridgehead atoms. The van der Waals surface area contributed by atoms with E-state index in [1.54, 1.807) is 0 Å². The Labute approximate surface area is 58.8 Å². The van der Waals surface area contributed by atoms with E-state index in [-0.39, 0.29) is 0 Å². The second-order valence-electron chi connectivity index (χ2n) is 1.50. The summed E-state index contributed by atoms with van der Waals surface area (Å²) < 4.78 is 23.4. The summed E-state index contributed by atoms with van der Waals surface area (Å²) >= 11 is 0. The number of methoxy groups -OCH3 is 1. The highest BCUT2D eigenvalue weighted by Crippen LogP contribution is 2.42. The summed E-state index contributed by atoms with van der Waals surface area (Å²) in [4.78, 5) is 10.3. The zero-order valence-electron chi connectivity index (χ0n) is 5.99. The molecule has 0 fully saturated rings. The van der Waals surface area contributed by atoms with Crippen LogP contribution in [0.4, 0.5) is 4.79 Å². The fourth-order valence-corrected chi connectivity index (χ4v) is 0.630. The van der Waals surface area contributed by atoms with Crippen molar-refractivity contribution < 1.29 is 23.1 Å². The summed E-state index contributed by atoms with van der Waals surface area (Å²) in [5.74, 6) is 0. The second kappa shape index (κ2) is 3.58. The summed E-state index contributed by atoms with van der Waals surface area (Å²) in [5.41, 5.74) is 0. The zero-order valence-corrected chi connectivity index (χ0v) is 6.88. The average Bonchev–Trinajstić information content (AvgIpc) is 1.87. The van der Waals surface area contributed by atoms with Crippen molar-refractivity contribution in [2.75, 3.05) is 20.9 Å². The molecule has 60 valence electrons. The lowest BCUT2D eigenvalue weighted by Gasteiger charge is -2.08. The van der Waals surface area contributed by atoms with E-state index in [1.165, 1.54) is 13.8 Å². The lowest BCUT2D eigenvalue weighted by molar-refractivity contribution is 0.114.